The molecule has 0 bridgehead atoms. The van der Waals surface area contributed by atoms with Gasteiger partial charge >= 0.3 is 0 Å². The number of benzene rings is 1. The fourth-order valence-corrected chi connectivity index (χ4v) is 2.36. The Balaban J connectivity index is 2.97. The summed E-state index contributed by atoms with van der Waals surface area (Å²) in [5, 5.41) is 0.458. The molecule has 90 valence electrons. The van der Waals surface area contributed by atoms with Crippen molar-refractivity contribution >= 4 is 16.6 Å². The van der Waals surface area contributed by atoms with Crippen LogP contribution >= 0.6 is 0 Å². The Bertz CT molecular complexity index is 589. The van der Waals surface area contributed by atoms with E-state index < -0.39 is 0 Å². The number of anilines is 1. The Morgan fingerprint density at radius 3 is 2.47 bits per heavy atom. The second-order valence-corrected chi connectivity index (χ2v) is 4.77. The number of nitrogens with zero attached hydrogens (tertiary/aromatic N) is 1. The molecule has 0 aliphatic heterocycles. The molecule has 2 aromatic rings. The smallest absolute Gasteiger partial charge is 0.134 e. The van der Waals surface area contributed by atoms with E-state index in [9.17, 15) is 4.39 Å². The maximum absolute atomic E-state index is 13.9. The number of aryl methyl sites for hydroxylation is 2. The first-order valence-corrected chi connectivity index (χ1v) is 5.78. The predicted octanol–water partition coefficient (Wildman–Crippen LogP) is 3.70. The number of nitrogens with two attached hydrogens (primary N) is 1. The fraction of sp³-hybridized carbons (Fsp3) is 0.357. The standard InChI is InChI=1S/C14H17FN2/c1-7(2)11-9(4)17-14-8(3)5-6-10(15)12(14)13(11)16/h5-7H,1-4H3,(H2,16,17). The van der Waals surface area contributed by atoms with Crippen LogP contribution in [0, 0.1) is 19.7 Å². The molecular formula is C14H17FN2. The summed E-state index contributed by atoms with van der Waals surface area (Å²) in [4.78, 5) is 4.50. The Hall–Kier alpha value is -1.64. The third kappa shape index (κ3) is 1.75. The monoisotopic (exact) mass is 232 g/mol. The first-order chi connectivity index (χ1) is 7.93. The predicted molar refractivity (Wildman–Crippen MR) is 69.7 cm³/mol. The van der Waals surface area contributed by atoms with E-state index in [1.165, 1.54) is 6.07 Å². The maximum atomic E-state index is 13.9. The highest BCUT2D eigenvalue weighted by atomic mass is 19.1. The molecule has 0 aliphatic rings. The number of pyridine rings is 1. The number of fused-ring (bicyclic) bond motifs is 1. The van der Waals surface area contributed by atoms with E-state index in [0.29, 0.717) is 16.6 Å². The molecule has 0 unspecified atom stereocenters. The van der Waals surface area contributed by atoms with Gasteiger partial charge in [0.05, 0.1) is 10.9 Å². The van der Waals surface area contributed by atoms with Gasteiger partial charge in [0.15, 0.2) is 0 Å². The van der Waals surface area contributed by atoms with Crippen molar-refractivity contribution in [1.82, 2.24) is 4.98 Å². The molecule has 0 fully saturated rings. The molecule has 2 N–H and O–H groups in total. The normalized spacial score (nSPS) is 11.4. The first kappa shape index (κ1) is 11.8. The summed E-state index contributed by atoms with van der Waals surface area (Å²) in [5.74, 6) is -0.0516. The van der Waals surface area contributed by atoms with Crippen molar-refractivity contribution in [3.8, 4) is 0 Å². The summed E-state index contributed by atoms with van der Waals surface area (Å²) in [6.45, 7) is 7.93. The van der Waals surface area contributed by atoms with Gasteiger partial charge in [-0.05, 0) is 37.0 Å². The molecule has 1 aromatic heterocycles. The molecule has 0 radical (unpaired) electrons. The molecule has 0 atom stereocenters. The van der Waals surface area contributed by atoms with Crippen LogP contribution in [0.4, 0.5) is 10.1 Å². The molecule has 0 amide bonds. The second-order valence-electron chi connectivity index (χ2n) is 4.77. The molecule has 0 spiro atoms. The topological polar surface area (TPSA) is 38.9 Å². The van der Waals surface area contributed by atoms with Crippen LogP contribution in [-0.2, 0) is 0 Å². The molecule has 0 saturated heterocycles. The minimum Gasteiger partial charge on any atom is -0.398 e. The van der Waals surface area contributed by atoms with Gasteiger partial charge in [0.25, 0.3) is 0 Å². The van der Waals surface area contributed by atoms with Crippen LogP contribution in [0.25, 0.3) is 10.9 Å². The Morgan fingerprint density at radius 1 is 1.24 bits per heavy atom. The number of nitrogen functional groups attached to an aromatic ring is 1. The second kappa shape index (κ2) is 3.99. The lowest BCUT2D eigenvalue weighted by molar-refractivity contribution is 0.639. The zero-order valence-electron chi connectivity index (χ0n) is 10.6. The highest BCUT2D eigenvalue weighted by Crippen LogP contribution is 2.33. The third-order valence-corrected chi connectivity index (χ3v) is 3.13. The van der Waals surface area contributed by atoms with Gasteiger partial charge in [-0.15, -0.1) is 0 Å². The summed E-state index contributed by atoms with van der Waals surface area (Å²) in [7, 11) is 0. The number of halogens is 1. The van der Waals surface area contributed by atoms with Crippen molar-refractivity contribution in [3.05, 3.63) is 34.8 Å². The zero-order valence-corrected chi connectivity index (χ0v) is 10.6. The summed E-state index contributed by atoms with van der Waals surface area (Å²) < 4.78 is 13.9. The largest absolute Gasteiger partial charge is 0.398 e. The average Bonchev–Trinajstić information content (AvgIpc) is 2.22. The van der Waals surface area contributed by atoms with Gasteiger partial charge in [-0.25, -0.2) is 4.39 Å². The summed E-state index contributed by atoms with van der Waals surface area (Å²) in [5.41, 5.74) is 10.1. The van der Waals surface area contributed by atoms with Gasteiger partial charge in [-0.1, -0.05) is 19.9 Å². The molecule has 1 aromatic carbocycles. The van der Waals surface area contributed by atoms with Crippen molar-refractivity contribution in [1.29, 1.82) is 0 Å². The fourth-order valence-electron chi connectivity index (χ4n) is 2.36. The van der Waals surface area contributed by atoms with E-state index in [0.717, 1.165) is 16.8 Å². The van der Waals surface area contributed by atoms with Gasteiger partial charge in [0.2, 0.25) is 0 Å². The van der Waals surface area contributed by atoms with Crippen LogP contribution in [0.2, 0.25) is 0 Å². The first-order valence-electron chi connectivity index (χ1n) is 5.78. The molecule has 3 heteroatoms. The summed E-state index contributed by atoms with van der Waals surface area (Å²) in [6, 6.07) is 3.19. The highest BCUT2D eigenvalue weighted by molar-refractivity contribution is 5.94. The van der Waals surface area contributed by atoms with Gasteiger partial charge in [-0.3, -0.25) is 4.98 Å². The van der Waals surface area contributed by atoms with Crippen molar-refractivity contribution in [2.45, 2.75) is 33.6 Å². The van der Waals surface area contributed by atoms with E-state index in [2.05, 4.69) is 4.98 Å². The van der Waals surface area contributed by atoms with Crippen molar-refractivity contribution in [2.24, 2.45) is 0 Å². The van der Waals surface area contributed by atoms with E-state index in [4.69, 9.17) is 5.73 Å². The summed E-state index contributed by atoms with van der Waals surface area (Å²) in [6.07, 6.45) is 0. The summed E-state index contributed by atoms with van der Waals surface area (Å²) >= 11 is 0. The number of hydrogen-bond donors (Lipinski definition) is 1. The van der Waals surface area contributed by atoms with Crippen LogP contribution in [0.5, 0.6) is 0 Å². The van der Waals surface area contributed by atoms with Crippen molar-refractivity contribution < 1.29 is 4.39 Å². The van der Waals surface area contributed by atoms with Crippen LogP contribution < -0.4 is 5.73 Å². The molecule has 1 heterocycles. The molecular weight excluding hydrogens is 215 g/mol. The van der Waals surface area contributed by atoms with Crippen molar-refractivity contribution in [3.63, 3.8) is 0 Å². The Labute approximate surface area is 101 Å². The van der Waals surface area contributed by atoms with Crippen LogP contribution in [0.3, 0.4) is 0 Å². The zero-order chi connectivity index (χ0) is 12.7. The van der Waals surface area contributed by atoms with E-state index in [1.807, 2.05) is 27.7 Å². The van der Waals surface area contributed by atoms with E-state index >= 15 is 0 Å². The van der Waals surface area contributed by atoms with Gasteiger partial charge < -0.3 is 5.73 Å². The van der Waals surface area contributed by atoms with Crippen LogP contribution in [0.1, 0.15) is 36.6 Å². The van der Waals surface area contributed by atoms with E-state index in [1.54, 1.807) is 6.07 Å². The van der Waals surface area contributed by atoms with Crippen LogP contribution in [-0.4, -0.2) is 4.98 Å². The molecule has 2 rings (SSSR count). The number of aromatic nitrogens is 1. The Morgan fingerprint density at radius 2 is 1.88 bits per heavy atom. The maximum Gasteiger partial charge on any atom is 0.134 e. The molecule has 17 heavy (non-hydrogen) atoms. The lowest BCUT2D eigenvalue weighted by Gasteiger charge is -2.16. The molecule has 0 saturated carbocycles. The lowest BCUT2D eigenvalue weighted by atomic mass is 9.96. The van der Waals surface area contributed by atoms with Crippen molar-refractivity contribution in [2.75, 3.05) is 5.73 Å². The highest BCUT2D eigenvalue weighted by Gasteiger charge is 2.16. The van der Waals surface area contributed by atoms with Crippen LogP contribution in [0.15, 0.2) is 12.1 Å². The van der Waals surface area contributed by atoms with Gasteiger partial charge in [0, 0.05) is 11.4 Å². The quantitative estimate of drug-likeness (QED) is 0.814. The van der Waals surface area contributed by atoms with E-state index in [-0.39, 0.29) is 11.7 Å². The lowest BCUT2D eigenvalue weighted by Crippen LogP contribution is -2.05. The van der Waals surface area contributed by atoms with Gasteiger partial charge in [-0.2, -0.15) is 0 Å². The number of hydrogen-bond acceptors (Lipinski definition) is 2. The SMILES string of the molecule is Cc1nc2c(C)ccc(F)c2c(N)c1C(C)C. The average molecular weight is 232 g/mol. The minimum atomic E-state index is -0.294. The minimum absolute atomic E-state index is 0.242. The molecule has 0 aliphatic carbocycles. The van der Waals surface area contributed by atoms with Gasteiger partial charge in [0.1, 0.15) is 5.82 Å². The third-order valence-electron chi connectivity index (χ3n) is 3.13. The molecule has 2 nitrogen and oxygen atoms in total. The number of rotatable bonds is 1. The Kier molecular flexibility index (Phi) is 2.77.